The Morgan fingerprint density at radius 3 is 2.68 bits per heavy atom. The van der Waals surface area contributed by atoms with E-state index in [1.165, 1.54) is 12.0 Å². The number of hydrogen-bond donors (Lipinski definition) is 2. The summed E-state index contributed by atoms with van der Waals surface area (Å²) in [5.74, 6) is -0.370. The Morgan fingerprint density at radius 1 is 1.11 bits per heavy atom. The highest BCUT2D eigenvalue weighted by atomic mass is 16.5. The third-order valence-corrected chi connectivity index (χ3v) is 6.36. The monoisotopic (exact) mass is 500 g/mol. The van der Waals surface area contributed by atoms with Gasteiger partial charge in [-0.15, -0.1) is 0 Å². The highest BCUT2D eigenvalue weighted by molar-refractivity contribution is 6.05. The van der Waals surface area contributed by atoms with E-state index >= 15 is 0 Å². The van der Waals surface area contributed by atoms with Crippen molar-refractivity contribution >= 4 is 29.6 Å². The molecule has 37 heavy (non-hydrogen) atoms. The number of benzene rings is 2. The molecular formula is C27H24N4O6. The number of aromatic nitrogens is 1. The molecule has 1 aromatic heterocycles. The number of amides is 4. The van der Waals surface area contributed by atoms with Crippen LogP contribution in [0.25, 0.3) is 11.1 Å². The van der Waals surface area contributed by atoms with Crippen molar-refractivity contribution < 1.29 is 28.7 Å². The van der Waals surface area contributed by atoms with E-state index < -0.39 is 18.0 Å². The summed E-state index contributed by atoms with van der Waals surface area (Å²) in [5, 5.41) is 4.91. The Kier molecular flexibility index (Phi) is 6.55. The molecular weight excluding hydrogens is 476 g/mol. The van der Waals surface area contributed by atoms with E-state index in [0.717, 1.165) is 11.1 Å². The van der Waals surface area contributed by atoms with Crippen LogP contribution >= 0.6 is 0 Å². The standard InChI is InChI=1S/C27H24N4O6/c1-36-22-12-16(11-19-20(22)14-31(26(19)34)21-7-8-24(32)30-25(21)33)15-37-27(35)29-23-13-18(9-10-28-23)17-5-3-2-4-6-17/h2-6,9-13,21H,7-8,14-15H2,1H3,(H,28,29,35)(H,30,32,33). The number of piperidine rings is 1. The van der Waals surface area contributed by atoms with Crippen LogP contribution in [0.1, 0.15) is 34.3 Å². The van der Waals surface area contributed by atoms with E-state index in [2.05, 4.69) is 15.6 Å². The predicted molar refractivity (Wildman–Crippen MR) is 133 cm³/mol. The molecule has 3 heterocycles. The van der Waals surface area contributed by atoms with Crippen LogP contribution in [0, 0.1) is 0 Å². The molecule has 2 N–H and O–H groups in total. The van der Waals surface area contributed by atoms with E-state index in [1.807, 2.05) is 36.4 Å². The Labute approximate surface area is 212 Å². The number of nitrogens with one attached hydrogen (secondary N) is 2. The first kappa shape index (κ1) is 24.0. The summed E-state index contributed by atoms with van der Waals surface area (Å²) >= 11 is 0. The van der Waals surface area contributed by atoms with Gasteiger partial charge in [-0.1, -0.05) is 30.3 Å². The van der Waals surface area contributed by atoms with Gasteiger partial charge in [0, 0.05) is 23.7 Å². The first-order valence-electron chi connectivity index (χ1n) is 11.7. The Balaban J connectivity index is 1.26. The van der Waals surface area contributed by atoms with Crippen LogP contribution in [0.4, 0.5) is 10.6 Å². The summed E-state index contributed by atoms with van der Waals surface area (Å²) in [6, 6.07) is 15.9. The van der Waals surface area contributed by atoms with Gasteiger partial charge >= 0.3 is 6.09 Å². The summed E-state index contributed by atoms with van der Waals surface area (Å²) < 4.78 is 10.9. The minimum absolute atomic E-state index is 0.112. The average Bonchev–Trinajstić information content (AvgIpc) is 3.23. The molecule has 188 valence electrons. The molecule has 0 saturated carbocycles. The quantitative estimate of drug-likeness (QED) is 0.498. The van der Waals surface area contributed by atoms with Gasteiger partial charge in [0.15, 0.2) is 0 Å². The smallest absolute Gasteiger partial charge is 0.413 e. The Bertz CT molecular complexity index is 1390. The van der Waals surface area contributed by atoms with Crippen molar-refractivity contribution in [1.82, 2.24) is 15.2 Å². The number of hydrogen-bond acceptors (Lipinski definition) is 7. The number of fused-ring (bicyclic) bond motifs is 1. The fraction of sp³-hybridized carbons (Fsp3) is 0.222. The van der Waals surface area contributed by atoms with Crippen LogP contribution in [-0.2, 0) is 27.5 Å². The van der Waals surface area contributed by atoms with E-state index in [1.54, 1.807) is 24.4 Å². The van der Waals surface area contributed by atoms with E-state index in [0.29, 0.717) is 28.3 Å². The first-order valence-corrected chi connectivity index (χ1v) is 11.7. The maximum atomic E-state index is 13.1. The van der Waals surface area contributed by atoms with Crippen molar-refractivity contribution in [2.24, 2.45) is 0 Å². The lowest BCUT2D eigenvalue weighted by Crippen LogP contribution is -2.52. The topological polar surface area (TPSA) is 127 Å². The van der Waals surface area contributed by atoms with Crippen LogP contribution in [0.15, 0.2) is 60.8 Å². The lowest BCUT2D eigenvalue weighted by atomic mass is 10.0. The molecule has 1 fully saturated rings. The zero-order valence-corrected chi connectivity index (χ0v) is 20.0. The van der Waals surface area contributed by atoms with Gasteiger partial charge in [-0.25, -0.2) is 9.78 Å². The van der Waals surface area contributed by atoms with Crippen molar-refractivity contribution in [2.45, 2.75) is 32.0 Å². The Hall–Kier alpha value is -4.73. The SMILES string of the molecule is COc1cc(COC(=O)Nc2cc(-c3ccccc3)ccn2)cc2c1CN(C1CCC(=O)NC1=O)C2=O. The molecule has 0 spiro atoms. The number of nitrogens with zero attached hydrogens (tertiary/aromatic N) is 2. The van der Waals surface area contributed by atoms with Gasteiger partial charge in [-0.2, -0.15) is 0 Å². The number of anilines is 1. The fourth-order valence-electron chi connectivity index (χ4n) is 4.55. The normalized spacial score (nSPS) is 16.7. The number of carbonyl (C=O) groups is 4. The Morgan fingerprint density at radius 2 is 1.92 bits per heavy atom. The molecule has 2 aromatic carbocycles. The molecule has 2 aliphatic heterocycles. The molecule has 3 aromatic rings. The lowest BCUT2D eigenvalue weighted by molar-refractivity contribution is -0.136. The molecule has 5 rings (SSSR count). The predicted octanol–water partition coefficient (Wildman–Crippen LogP) is 3.27. The summed E-state index contributed by atoms with van der Waals surface area (Å²) in [5.41, 5.74) is 3.46. The van der Waals surface area contributed by atoms with E-state index in [4.69, 9.17) is 9.47 Å². The fourth-order valence-corrected chi connectivity index (χ4v) is 4.55. The van der Waals surface area contributed by atoms with E-state index in [-0.39, 0.29) is 37.8 Å². The number of ether oxygens (including phenoxy) is 2. The van der Waals surface area contributed by atoms with Crippen molar-refractivity contribution in [2.75, 3.05) is 12.4 Å². The van der Waals surface area contributed by atoms with Crippen molar-refractivity contribution in [1.29, 1.82) is 0 Å². The number of carbonyl (C=O) groups excluding carboxylic acids is 4. The maximum Gasteiger partial charge on any atom is 0.413 e. The molecule has 0 bridgehead atoms. The second kappa shape index (κ2) is 10.1. The van der Waals surface area contributed by atoms with Crippen LogP contribution in [-0.4, -0.2) is 46.9 Å². The first-order chi connectivity index (χ1) is 17.9. The highest BCUT2D eigenvalue weighted by Gasteiger charge is 2.40. The number of rotatable bonds is 6. The van der Waals surface area contributed by atoms with Gasteiger partial charge in [0.25, 0.3) is 5.91 Å². The molecule has 10 nitrogen and oxygen atoms in total. The molecule has 4 amide bonds. The zero-order valence-electron chi connectivity index (χ0n) is 20.0. The summed E-state index contributed by atoms with van der Waals surface area (Å²) in [6.07, 6.45) is 1.34. The second-order valence-electron chi connectivity index (χ2n) is 8.72. The number of pyridine rings is 1. The van der Waals surface area contributed by atoms with Crippen molar-refractivity contribution in [3.63, 3.8) is 0 Å². The lowest BCUT2D eigenvalue weighted by Gasteiger charge is -2.29. The number of methoxy groups -OCH3 is 1. The molecule has 10 heteroatoms. The van der Waals surface area contributed by atoms with Crippen LogP contribution in [0.3, 0.4) is 0 Å². The molecule has 1 saturated heterocycles. The van der Waals surface area contributed by atoms with Gasteiger partial charge < -0.3 is 14.4 Å². The molecule has 2 aliphatic rings. The van der Waals surface area contributed by atoms with Gasteiger partial charge in [0.2, 0.25) is 11.8 Å². The van der Waals surface area contributed by atoms with Gasteiger partial charge in [0.1, 0.15) is 24.2 Å². The van der Waals surface area contributed by atoms with Crippen molar-refractivity contribution in [3.05, 3.63) is 77.5 Å². The average molecular weight is 501 g/mol. The maximum absolute atomic E-state index is 13.1. The minimum atomic E-state index is -0.730. The van der Waals surface area contributed by atoms with Crippen LogP contribution in [0.2, 0.25) is 0 Å². The van der Waals surface area contributed by atoms with Gasteiger partial charge in [-0.05, 0) is 47.4 Å². The third kappa shape index (κ3) is 4.99. The van der Waals surface area contributed by atoms with Crippen molar-refractivity contribution in [3.8, 4) is 16.9 Å². The molecule has 0 radical (unpaired) electrons. The highest BCUT2D eigenvalue weighted by Crippen LogP contribution is 2.35. The zero-order chi connectivity index (χ0) is 25.9. The summed E-state index contributed by atoms with van der Waals surface area (Å²) in [4.78, 5) is 55.0. The van der Waals surface area contributed by atoms with Gasteiger partial charge in [-0.3, -0.25) is 25.0 Å². The molecule has 1 unspecified atom stereocenters. The second-order valence-corrected chi connectivity index (χ2v) is 8.72. The largest absolute Gasteiger partial charge is 0.496 e. The summed E-state index contributed by atoms with van der Waals surface area (Å²) in [6.45, 7) is 0.0776. The van der Waals surface area contributed by atoms with Crippen LogP contribution in [0.5, 0.6) is 5.75 Å². The molecule has 1 atom stereocenters. The summed E-state index contributed by atoms with van der Waals surface area (Å²) in [7, 11) is 1.48. The van der Waals surface area contributed by atoms with Gasteiger partial charge in [0.05, 0.1) is 13.7 Å². The molecule has 0 aliphatic carbocycles. The van der Waals surface area contributed by atoms with Crippen LogP contribution < -0.4 is 15.4 Å². The third-order valence-electron chi connectivity index (χ3n) is 6.36. The number of imide groups is 1. The minimum Gasteiger partial charge on any atom is -0.496 e. The van der Waals surface area contributed by atoms with E-state index in [9.17, 15) is 19.2 Å².